The Balaban J connectivity index is 2.17. The van der Waals surface area contributed by atoms with Crippen LogP contribution in [0.1, 0.15) is 19.3 Å². The van der Waals surface area contributed by atoms with Crippen molar-refractivity contribution in [2.45, 2.75) is 31.3 Å². The summed E-state index contributed by atoms with van der Waals surface area (Å²) in [5, 5.41) is 0. The molecule has 2 aliphatic heterocycles. The molecule has 0 bridgehead atoms. The zero-order valence-corrected chi connectivity index (χ0v) is 5.92. The summed E-state index contributed by atoms with van der Waals surface area (Å²) >= 11 is 0. The van der Waals surface area contributed by atoms with Gasteiger partial charge in [0, 0.05) is 12.6 Å². The van der Waals surface area contributed by atoms with Gasteiger partial charge in [-0.15, -0.1) is 0 Å². The second-order valence-electron chi connectivity index (χ2n) is 3.17. The van der Waals surface area contributed by atoms with E-state index in [0.29, 0.717) is 6.04 Å². The van der Waals surface area contributed by atoms with Gasteiger partial charge in [-0.05, 0) is 19.3 Å². The zero-order chi connectivity index (χ0) is 7.14. The largest absolute Gasteiger partial charge is 0.338 e. The predicted octanol–water partition coefficient (Wildman–Crippen LogP) is -0.292. The molecule has 56 valence electrons. The molecule has 2 saturated heterocycles. The molecule has 2 unspecified atom stereocenters. The van der Waals surface area contributed by atoms with E-state index >= 15 is 0 Å². The summed E-state index contributed by atoms with van der Waals surface area (Å²) in [5.41, 5.74) is 5.58. The lowest BCUT2D eigenvalue weighted by molar-refractivity contribution is -0.128. The molecule has 2 rings (SSSR count). The fourth-order valence-electron chi connectivity index (χ4n) is 1.98. The molecular formula is C7H12N2O. The maximum atomic E-state index is 11.2. The molecule has 2 fully saturated rings. The van der Waals surface area contributed by atoms with Crippen molar-refractivity contribution >= 4 is 5.91 Å². The van der Waals surface area contributed by atoms with Crippen LogP contribution in [0.4, 0.5) is 0 Å². The molecule has 0 radical (unpaired) electrons. The van der Waals surface area contributed by atoms with Crippen molar-refractivity contribution in [3.8, 4) is 0 Å². The summed E-state index contributed by atoms with van der Waals surface area (Å²) in [7, 11) is 0. The Morgan fingerprint density at radius 1 is 1.60 bits per heavy atom. The minimum Gasteiger partial charge on any atom is -0.338 e. The van der Waals surface area contributed by atoms with Gasteiger partial charge in [-0.25, -0.2) is 0 Å². The summed E-state index contributed by atoms with van der Waals surface area (Å²) in [4.78, 5) is 13.1. The van der Waals surface area contributed by atoms with Crippen LogP contribution in [0.5, 0.6) is 0 Å². The van der Waals surface area contributed by atoms with Gasteiger partial charge in [0.1, 0.15) is 0 Å². The van der Waals surface area contributed by atoms with E-state index in [1.807, 2.05) is 4.90 Å². The van der Waals surface area contributed by atoms with Crippen molar-refractivity contribution in [1.29, 1.82) is 0 Å². The van der Waals surface area contributed by atoms with Gasteiger partial charge in [0.15, 0.2) is 0 Å². The predicted molar refractivity (Wildman–Crippen MR) is 37.3 cm³/mol. The van der Waals surface area contributed by atoms with Gasteiger partial charge >= 0.3 is 0 Å². The van der Waals surface area contributed by atoms with Crippen molar-refractivity contribution in [1.82, 2.24) is 4.90 Å². The average molecular weight is 140 g/mol. The van der Waals surface area contributed by atoms with Gasteiger partial charge in [-0.2, -0.15) is 0 Å². The van der Waals surface area contributed by atoms with E-state index in [1.165, 1.54) is 12.8 Å². The highest BCUT2D eigenvalue weighted by Gasteiger charge is 2.39. The Morgan fingerprint density at radius 2 is 2.40 bits per heavy atom. The average Bonchev–Trinajstić information content (AvgIpc) is 2.41. The van der Waals surface area contributed by atoms with Gasteiger partial charge in [0.25, 0.3) is 0 Å². The molecule has 2 atom stereocenters. The number of fused-ring (bicyclic) bond motifs is 1. The lowest BCUT2D eigenvalue weighted by atomic mass is 10.1. The summed E-state index contributed by atoms with van der Waals surface area (Å²) in [6.07, 6.45) is 3.22. The first-order chi connectivity index (χ1) is 4.79. The van der Waals surface area contributed by atoms with Crippen LogP contribution < -0.4 is 5.73 Å². The third-order valence-electron chi connectivity index (χ3n) is 2.50. The molecule has 3 heteroatoms. The number of amides is 1. The molecule has 0 aliphatic carbocycles. The highest BCUT2D eigenvalue weighted by atomic mass is 16.2. The van der Waals surface area contributed by atoms with Crippen LogP contribution in [0.3, 0.4) is 0 Å². The van der Waals surface area contributed by atoms with Crippen molar-refractivity contribution < 1.29 is 4.79 Å². The summed E-state index contributed by atoms with van der Waals surface area (Å²) in [5.74, 6) is 0.169. The second kappa shape index (κ2) is 1.95. The van der Waals surface area contributed by atoms with E-state index in [1.54, 1.807) is 0 Å². The summed E-state index contributed by atoms with van der Waals surface area (Å²) in [6.45, 7) is 0.942. The van der Waals surface area contributed by atoms with Crippen LogP contribution in [-0.4, -0.2) is 29.4 Å². The number of nitrogens with zero attached hydrogens (tertiary/aromatic N) is 1. The molecule has 0 spiro atoms. The zero-order valence-electron chi connectivity index (χ0n) is 5.92. The number of hydrogen-bond acceptors (Lipinski definition) is 2. The van der Waals surface area contributed by atoms with Crippen LogP contribution >= 0.6 is 0 Å². The normalized spacial score (nSPS) is 38.9. The van der Waals surface area contributed by atoms with Crippen molar-refractivity contribution in [2.24, 2.45) is 5.73 Å². The fourth-order valence-corrected chi connectivity index (χ4v) is 1.98. The molecule has 0 aromatic heterocycles. The molecule has 2 heterocycles. The third kappa shape index (κ3) is 0.669. The van der Waals surface area contributed by atoms with Crippen LogP contribution in [0, 0.1) is 0 Å². The number of carbonyl (C=O) groups is 1. The summed E-state index contributed by atoms with van der Waals surface area (Å²) < 4.78 is 0. The van der Waals surface area contributed by atoms with Crippen LogP contribution in [-0.2, 0) is 4.79 Å². The molecule has 2 aliphatic rings. The Bertz CT molecular complexity index is 169. The lowest BCUT2D eigenvalue weighted by Gasteiger charge is -2.13. The third-order valence-corrected chi connectivity index (χ3v) is 2.50. The highest BCUT2D eigenvalue weighted by Crippen LogP contribution is 2.27. The monoisotopic (exact) mass is 140 g/mol. The fraction of sp³-hybridized carbons (Fsp3) is 0.857. The van der Waals surface area contributed by atoms with Crippen LogP contribution in [0.15, 0.2) is 0 Å². The van der Waals surface area contributed by atoms with E-state index in [2.05, 4.69) is 0 Å². The Labute approximate surface area is 60.2 Å². The van der Waals surface area contributed by atoms with Crippen molar-refractivity contribution in [2.75, 3.05) is 6.54 Å². The van der Waals surface area contributed by atoms with Gasteiger partial charge in [0.2, 0.25) is 5.91 Å². The van der Waals surface area contributed by atoms with E-state index in [0.717, 1.165) is 13.0 Å². The Morgan fingerprint density at radius 3 is 3.10 bits per heavy atom. The molecule has 10 heavy (non-hydrogen) atoms. The molecule has 3 nitrogen and oxygen atoms in total. The maximum absolute atomic E-state index is 11.2. The molecule has 0 saturated carbocycles. The lowest BCUT2D eigenvalue weighted by Crippen LogP contribution is -2.33. The Hall–Kier alpha value is -0.570. The van der Waals surface area contributed by atoms with E-state index in [4.69, 9.17) is 5.73 Å². The number of nitrogens with two attached hydrogens (primary N) is 1. The van der Waals surface area contributed by atoms with Crippen molar-refractivity contribution in [3.05, 3.63) is 0 Å². The standard InChI is InChI=1S/C7H12N2O/c8-6-4-5-2-1-3-9(5)7(6)10/h5-6H,1-4,8H2. The van der Waals surface area contributed by atoms with Crippen LogP contribution in [0.2, 0.25) is 0 Å². The van der Waals surface area contributed by atoms with Gasteiger partial charge in [-0.3, -0.25) is 4.79 Å². The van der Waals surface area contributed by atoms with E-state index in [9.17, 15) is 4.79 Å². The van der Waals surface area contributed by atoms with Crippen LogP contribution in [0.25, 0.3) is 0 Å². The molecular weight excluding hydrogens is 128 g/mol. The van der Waals surface area contributed by atoms with Crippen molar-refractivity contribution in [3.63, 3.8) is 0 Å². The smallest absolute Gasteiger partial charge is 0.239 e. The molecule has 2 N–H and O–H groups in total. The van der Waals surface area contributed by atoms with Gasteiger partial charge in [-0.1, -0.05) is 0 Å². The number of hydrogen-bond donors (Lipinski definition) is 1. The SMILES string of the molecule is NC1CC2CCCN2C1=O. The molecule has 1 amide bonds. The second-order valence-corrected chi connectivity index (χ2v) is 3.17. The molecule has 0 aromatic rings. The van der Waals surface area contributed by atoms with Gasteiger partial charge in [0.05, 0.1) is 6.04 Å². The number of rotatable bonds is 0. The quantitative estimate of drug-likeness (QED) is 0.502. The minimum absolute atomic E-state index is 0.169. The first-order valence-electron chi connectivity index (χ1n) is 3.85. The highest BCUT2D eigenvalue weighted by molar-refractivity contribution is 5.84. The first kappa shape index (κ1) is 6.16. The first-order valence-corrected chi connectivity index (χ1v) is 3.85. The van der Waals surface area contributed by atoms with E-state index < -0.39 is 0 Å². The maximum Gasteiger partial charge on any atom is 0.239 e. The Kier molecular flexibility index (Phi) is 1.20. The van der Waals surface area contributed by atoms with E-state index in [-0.39, 0.29) is 11.9 Å². The summed E-state index contributed by atoms with van der Waals surface area (Å²) in [6, 6.07) is 0.299. The topological polar surface area (TPSA) is 46.3 Å². The van der Waals surface area contributed by atoms with Gasteiger partial charge < -0.3 is 10.6 Å². The molecule has 0 aromatic carbocycles. The minimum atomic E-state index is -0.190. The number of carbonyl (C=O) groups excluding carboxylic acids is 1.